The lowest BCUT2D eigenvalue weighted by atomic mass is 10.2. The summed E-state index contributed by atoms with van der Waals surface area (Å²) in [5.41, 5.74) is 0.622. The van der Waals surface area contributed by atoms with Gasteiger partial charge >= 0.3 is 5.97 Å². The average molecular weight is 326 g/mol. The van der Waals surface area contributed by atoms with E-state index in [1.54, 1.807) is 6.92 Å². The summed E-state index contributed by atoms with van der Waals surface area (Å²) in [5.74, 6) is -1.26. The predicted molar refractivity (Wildman–Crippen MR) is 70.0 cm³/mol. The van der Waals surface area contributed by atoms with Crippen LogP contribution < -0.4 is 0 Å². The quantitative estimate of drug-likeness (QED) is 0.861. The SMILES string of the molecule is Cc1cc(S(=O)(=O)N2C[C@H](O)C[C@H]2C(=O)O)sc1Cl. The summed E-state index contributed by atoms with van der Waals surface area (Å²) in [6, 6.07) is 0.174. The van der Waals surface area contributed by atoms with Gasteiger partial charge in [0.2, 0.25) is 0 Å². The molecule has 19 heavy (non-hydrogen) atoms. The summed E-state index contributed by atoms with van der Waals surface area (Å²) in [6.45, 7) is 1.46. The topological polar surface area (TPSA) is 94.9 Å². The number of halogens is 1. The van der Waals surface area contributed by atoms with E-state index in [-0.39, 0.29) is 17.2 Å². The van der Waals surface area contributed by atoms with E-state index in [1.165, 1.54) is 6.07 Å². The van der Waals surface area contributed by atoms with Gasteiger partial charge < -0.3 is 10.2 Å². The fraction of sp³-hybridized carbons (Fsp3) is 0.500. The molecule has 6 nitrogen and oxygen atoms in total. The van der Waals surface area contributed by atoms with Gasteiger partial charge in [-0.15, -0.1) is 11.3 Å². The van der Waals surface area contributed by atoms with Crippen molar-refractivity contribution in [1.29, 1.82) is 0 Å². The molecule has 0 unspecified atom stereocenters. The van der Waals surface area contributed by atoms with Crippen molar-refractivity contribution in [3.8, 4) is 0 Å². The van der Waals surface area contributed by atoms with Gasteiger partial charge in [-0.2, -0.15) is 4.31 Å². The number of aliphatic hydroxyl groups excluding tert-OH is 1. The van der Waals surface area contributed by atoms with Crippen LogP contribution in [0.15, 0.2) is 10.3 Å². The highest BCUT2D eigenvalue weighted by Gasteiger charge is 2.44. The number of hydrogen-bond acceptors (Lipinski definition) is 5. The number of aliphatic carboxylic acids is 1. The van der Waals surface area contributed by atoms with E-state index in [1.807, 2.05) is 0 Å². The summed E-state index contributed by atoms with van der Waals surface area (Å²) >= 11 is 6.72. The van der Waals surface area contributed by atoms with E-state index in [0.717, 1.165) is 15.6 Å². The molecule has 0 saturated carbocycles. The van der Waals surface area contributed by atoms with E-state index in [2.05, 4.69) is 0 Å². The van der Waals surface area contributed by atoms with Crippen molar-refractivity contribution in [2.75, 3.05) is 6.54 Å². The molecule has 9 heteroatoms. The van der Waals surface area contributed by atoms with E-state index >= 15 is 0 Å². The number of thiophene rings is 1. The molecule has 1 aliphatic rings. The average Bonchev–Trinajstić information content (AvgIpc) is 2.84. The maximum absolute atomic E-state index is 12.4. The lowest BCUT2D eigenvalue weighted by Crippen LogP contribution is -2.40. The number of sulfonamides is 1. The van der Waals surface area contributed by atoms with Gasteiger partial charge in [0.25, 0.3) is 10.0 Å². The van der Waals surface area contributed by atoms with E-state index in [0.29, 0.717) is 9.90 Å². The number of aliphatic hydroxyl groups is 1. The molecular weight excluding hydrogens is 314 g/mol. The number of β-amino-alcohol motifs (C(OH)–C–C–N with tert-alkyl or cyclic N) is 1. The zero-order chi connectivity index (χ0) is 14.4. The van der Waals surface area contributed by atoms with Crippen LogP contribution in [0.2, 0.25) is 4.34 Å². The Morgan fingerprint density at radius 2 is 2.21 bits per heavy atom. The first-order chi connectivity index (χ1) is 8.73. The van der Waals surface area contributed by atoms with Crippen LogP contribution >= 0.6 is 22.9 Å². The first-order valence-corrected chi connectivity index (χ1v) is 8.05. The van der Waals surface area contributed by atoms with E-state index in [4.69, 9.17) is 16.7 Å². The molecule has 0 radical (unpaired) electrons. The van der Waals surface area contributed by atoms with Gasteiger partial charge in [0.05, 0.1) is 10.4 Å². The molecular formula is C10H12ClNO5S2. The molecule has 1 aliphatic heterocycles. The molecule has 1 fully saturated rings. The Morgan fingerprint density at radius 3 is 2.68 bits per heavy atom. The van der Waals surface area contributed by atoms with Crippen molar-refractivity contribution >= 4 is 38.9 Å². The minimum absolute atomic E-state index is 0.00431. The maximum Gasteiger partial charge on any atom is 0.322 e. The van der Waals surface area contributed by atoms with Gasteiger partial charge in [-0.3, -0.25) is 4.79 Å². The molecule has 1 saturated heterocycles. The Bertz CT molecular complexity index is 592. The molecule has 1 aromatic heterocycles. The number of aryl methyl sites for hydroxylation is 1. The largest absolute Gasteiger partial charge is 0.480 e. The first-order valence-electron chi connectivity index (χ1n) is 5.42. The van der Waals surface area contributed by atoms with E-state index < -0.39 is 28.1 Å². The molecule has 0 spiro atoms. The van der Waals surface area contributed by atoms with Crippen LogP contribution in [0, 0.1) is 6.92 Å². The molecule has 0 bridgehead atoms. The lowest BCUT2D eigenvalue weighted by Gasteiger charge is -2.19. The summed E-state index contributed by atoms with van der Waals surface area (Å²) < 4.78 is 25.9. The Balaban J connectivity index is 2.41. The molecule has 0 amide bonds. The van der Waals surface area contributed by atoms with Crippen molar-refractivity contribution < 1.29 is 23.4 Å². The van der Waals surface area contributed by atoms with Gasteiger partial charge in [-0.25, -0.2) is 8.42 Å². The zero-order valence-electron chi connectivity index (χ0n) is 9.91. The van der Waals surface area contributed by atoms with Crippen LogP contribution in [0.1, 0.15) is 12.0 Å². The number of carbonyl (C=O) groups is 1. The molecule has 1 aromatic rings. The monoisotopic (exact) mass is 325 g/mol. The van der Waals surface area contributed by atoms with Gasteiger partial charge in [-0.05, 0) is 18.6 Å². The molecule has 2 N–H and O–H groups in total. The standard InChI is InChI=1S/C10H12ClNO5S2/c1-5-2-8(18-9(5)11)19(16,17)12-4-6(13)3-7(12)10(14)15/h2,6-7,13H,3-4H2,1H3,(H,14,15)/t6-,7+/m1/s1. The summed E-state index contributed by atoms with van der Waals surface area (Å²) in [5, 5.41) is 18.5. The van der Waals surface area contributed by atoms with Crippen LogP contribution in [0.5, 0.6) is 0 Å². The third-order valence-corrected chi connectivity index (χ3v) is 6.80. The van der Waals surface area contributed by atoms with Crippen molar-refractivity contribution in [1.82, 2.24) is 4.31 Å². The van der Waals surface area contributed by atoms with Crippen LogP contribution in [-0.4, -0.2) is 47.6 Å². The molecule has 2 heterocycles. The van der Waals surface area contributed by atoms with Crippen molar-refractivity contribution in [2.24, 2.45) is 0 Å². The molecule has 2 atom stereocenters. The Labute approximate surface area is 119 Å². The summed E-state index contributed by atoms with van der Waals surface area (Å²) in [7, 11) is -3.94. The predicted octanol–water partition coefficient (Wildman–Crippen LogP) is 0.918. The minimum atomic E-state index is -3.94. The molecule has 2 rings (SSSR count). The third kappa shape index (κ3) is 2.63. The highest BCUT2D eigenvalue weighted by molar-refractivity contribution is 7.91. The Morgan fingerprint density at radius 1 is 1.58 bits per heavy atom. The van der Waals surface area contributed by atoms with Crippen LogP contribution in [0.4, 0.5) is 0 Å². The van der Waals surface area contributed by atoms with Gasteiger partial charge in [-0.1, -0.05) is 11.6 Å². The van der Waals surface area contributed by atoms with Crippen LogP contribution in [0.25, 0.3) is 0 Å². The highest BCUT2D eigenvalue weighted by atomic mass is 35.5. The number of rotatable bonds is 3. The van der Waals surface area contributed by atoms with Crippen LogP contribution in [0.3, 0.4) is 0 Å². The minimum Gasteiger partial charge on any atom is -0.480 e. The third-order valence-electron chi connectivity index (χ3n) is 2.92. The fourth-order valence-electron chi connectivity index (χ4n) is 1.95. The highest BCUT2D eigenvalue weighted by Crippen LogP contribution is 2.34. The lowest BCUT2D eigenvalue weighted by molar-refractivity contribution is -0.140. The van der Waals surface area contributed by atoms with E-state index in [9.17, 15) is 18.3 Å². The van der Waals surface area contributed by atoms with Gasteiger partial charge in [0.1, 0.15) is 10.3 Å². The van der Waals surface area contributed by atoms with Crippen molar-refractivity contribution in [2.45, 2.75) is 29.7 Å². The molecule has 0 aromatic carbocycles. The van der Waals surface area contributed by atoms with Crippen LogP contribution in [-0.2, 0) is 14.8 Å². The first kappa shape index (κ1) is 14.7. The smallest absolute Gasteiger partial charge is 0.322 e. The number of hydrogen-bond donors (Lipinski definition) is 2. The summed E-state index contributed by atoms with van der Waals surface area (Å²) in [4.78, 5) is 11.1. The van der Waals surface area contributed by atoms with Gasteiger partial charge in [0.15, 0.2) is 0 Å². The number of carboxylic acids is 1. The second kappa shape index (κ2) is 5.02. The number of nitrogens with zero attached hydrogens (tertiary/aromatic N) is 1. The van der Waals surface area contributed by atoms with Crippen molar-refractivity contribution in [3.05, 3.63) is 16.0 Å². The van der Waals surface area contributed by atoms with Gasteiger partial charge in [0, 0.05) is 13.0 Å². The Kier molecular flexibility index (Phi) is 3.90. The van der Waals surface area contributed by atoms with Crippen molar-refractivity contribution in [3.63, 3.8) is 0 Å². The normalized spacial score (nSPS) is 24.8. The summed E-state index contributed by atoms with van der Waals surface area (Å²) in [6.07, 6.45) is -1.07. The second-order valence-corrected chi connectivity index (χ2v) is 8.11. The second-order valence-electron chi connectivity index (χ2n) is 4.34. The molecule has 106 valence electrons. The fourth-order valence-corrected chi connectivity index (χ4v) is 5.42. The zero-order valence-corrected chi connectivity index (χ0v) is 12.3. The molecule has 0 aliphatic carbocycles. The number of carboxylic acid groups (broad SMARTS) is 1. The Hall–Kier alpha value is -0.670. The maximum atomic E-state index is 12.4.